The standard InChI is InChI=1S/C10H9F4S/c1-2-3-7-4-5-8(11)6-9(7)15-10(12,13)14/h2,4-6H,3H2,1H3. The number of thioether (sulfide) groups is 1. The highest BCUT2D eigenvalue weighted by molar-refractivity contribution is 8.00. The molecule has 5 heteroatoms. The largest absolute Gasteiger partial charge is 0.446 e. The van der Waals surface area contributed by atoms with Crippen LogP contribution >= 0.6 is 11.8 Å². The average Bonchev–Trinajstić information content (AvgIpc) is 2.07. The molecule has 1 aromatic rings. The van der Waals surface area contributed by atoms with Gasteiger partial charge in [-0.3, -0.25) is 0 Å². The van der Waals surface area contributed by atoms with Gasteiger partial charge in [0.15, 0.2) is 0 Å². The van der Waals surface area contributed by atoms with Gasteiger partial charge in [0.05, 0.1) is 0 Å². The molecule has 0 unspecified atom stereocenters. The first-order valence-corrected chi connectivity index (χ1v) is 5.06. The summed E-state index contributed by atoms with van der Waals surface area (Å²) in [7, 11) is 0. The van der Waals surface area contributed by atoms with Crippen molar-refractivity contribution in [1.82, 2.24) is 0 Å². The van der Waals surface area contributed by atoms with E-state index < -0.39 is 11.3 Å². The van der Waals surface area contributed by atoms with Gasteiger partial charge in [-0.2, -0.15) is 13.2 Å². The van der Waals surface area contributed by atoms with Crippen LogP contribution in [0.1, 0.15) is 12.5 Å². The number of halogens is 4. The van der Waals surface area contributed by atoms with Gasteiger partial charge in [-0.25, -0.2) is 4.39 Å². The molecule has 83 valence electrons. The Kier molecular flexibility index (Phi) is 4.02. The minimum atomic E-state index is -4.38. The van der Waals surface area contributed by atoms with E-state index in [4.69, 9.17) is 0 Å². The summed E-state index contributed by atoms with van der Waals surface area (Å²) >= 11 is -0.279. The van der Waals surface area contributed by atoms with E-state index in [1.807, 2.05) is 0 Å². The van der Waals surface area contributed by atoms with Crippen LogP contribution in [-0.4, -0.2) is 5.51 Å². The van der Waals surface area contributed by atoms with E-state index in [0.717, 1.165) is 6.07 Å². The predicted molar refractivity (Wildman–Crippen MR) is 52.0 cm³/mol. The van der Waals surface area contributed by atoms with Gasteiger partial charge in [-0.05, 0) is 42.3 Å². The Balaban J connectivity index is 2.96. The third-order valence-electron chi connectivity index (χ3n) is 1.68. The molecule has 0 aliphatic carbocycles. The fourth-order valence-electron chi connectivity index (χ4n) is 1.14. The van der Waals surface area contributed by atoms with Crippen molar-refractivity contribution in [2.75, 3.05) is 0 Å². The van der Waals surface area contributed by atoms with Crippen molar-refractivity contribution in [1.29, 1.82) is 0 Å². The summed E-state index contributed by atoms with van der Waals surface area (Å²) in [6.07, 6.45) is 2.13. The first-order chi connectivity index (χ1) is 6.92. The zero-order valence-electron chi connectivity index (χ0n) is 7.94. The van der Waals surface area contributed by atoms with E-state index in [0.29, 0.717) is 12.0 Å². The number of hydrogen-bond donors (Lipinski definition) is 0. The SMILES string of the molecule is C[CH]Cc1ccc(F)cc1SC(F)(F)F. The van der Waals surface area contributed by atoms with Crippen LogP contribution in [0.15, 0.2) is 23.1 Å². The Hall–Kier alpha value is -0.710. The van der Waals surface area contributed by atoms with Gasteiger partial charge in [-0.1, -0.05) is 13.0 Å². The molecule has 0 nitrogen and oxygen atoms in total. The molecule has 0 aromatic heterocycles. The first kappa shape index (κ1) is 12.4. The molecule has 0 spiro atoms. The second-order valence-electron chi connectivity index (χ2n) is 2.91. The van der Waals surface area contributed by atoms with E-state index in [9.17, 15) is 17.6 Å². The summed E-state index contributed by atoms with van der Waals surface area (Å²) in [6.45, 7) is 1.74. The average molecular weight is 237 g/mol. The summed E-state index contributed by atoms with van der Waals surface area (Å²) in [6, 6.07) is 3.46. The molecule has 0 saturated carbocycles. The molecule has 0 saturated heterocycles. The fraction of sp³-hybridized carbons (Fsp3) is 0.300. The smallest absolute Gasteiger partial charge is 0.207 e. The van der Waals surface area contributed by atoms with E-state index in [-0.39, 0.29) is 16.7 Å². The summed E-state index contributed by atoms with van der Waals surface area (Å²) in [5.41, 5.74) is -3.89. The molecular weight excluding hydrogens is 228 g/mol. The van der Waals surface area contributed by atoms with Crippen LogP contribution < -0.4 is 0 Å². The van der Waals surface area contributed by atoms with Crippen LogP contribution in [0.25, 0.3) is 0 Å². The van der Waals surface area contributed by atoms with Crippen molar-refractivity contribution in [3.05, 3.63) is 36.0 Å². The van der Waals surface area contributed by atoms with Crippen molar-refractivity contribution in [3.8, 4) is 0 Å². The second-order valence-corrected chi connectivity index (χ2v) is 4.02. The van der Waals surface area contributed by atoms with Gasteiger partial charge in [0.1, 0.15) is 5.82 Å². The van der Waals surface area contributed by atoms with E-state index >= 15 is 0 Å². The Morgan fingerprint density at radius 2 is 2.00 bits per heavy atom. The van der Waals surface area contributed by atoms with Gasteiger partial charge in [0, 0.05) is 4.90 Å². The zero-order chi connectivity index (χ0) is 11.5. The maximum Gasteiger partial charge on any atom is 0.446 e. The van der Waals surface area contributed by atoms with Crippen LogP contribution in [-0.2, 0) is 6.42 Å². The number of rotatable bonds is 3. The Labute approximate surface area is 89.7 Å². The van der Waals surface area contributed by atoms with Gasteiger partial charge in [-0.15, -0.1) is 0 Å². The lowest BCUT2D eigenvalue weighted by atomic mass is 10.1. The zero-order valence-corrected chi connectivity index (χ0v) is 8.75. The molecule has 0 aliphatic rings. The van der Waals surface area contributed by atoms with Crippen LogP contribution in [0.4, 0.5) is 17.6 Å². The molecule has 0 heterocycles. The molecule has 15 heavy (non-hydrogen) atoms. The van der Waals surface area contributed by atoms with Gasteiger partial charge < -0.3 is 0 Å². The third-order valence-corrected chi connectivity index (χ3v) is 2.51. The first-order valence-electron chi connectivity index (χ1n) is 4.24. The summed E-state index contributed by atoms with van der Waals surface area (Å²) in [5, 5.41) is 0. The van der Waals surface area contributed by atoms with E-state index in [1.165, 1.54) is 12.1 Å². The highest BCUT2D eigenvalue weighted by Gasteiger charge is 2.30. The molecule has 0 amide bonds. The molecular formula is C10H9F4S. The maximum absolute atomic E-state index is 12.8. The number of benzene rings is 1. The second kappa shape index (κ2) is 4.88. The minimum absolute atomic E-state index is 0.0689. The van der Waals surface area contributed by atoms with Crippen molar-refractivity contribution < 1.29 is 17.6 Å². The molecule has 0 fully saturated rings. The lowest BCUT2D eigenvalue weighted by molar-refractivity contribution is -0.0328. The normalized spacial score (nSPS) is 11.8. The molecule has 0 aliphatic heterocycles. The molecule has 0 atom stereocenters. The van der Waals surface area contributed by atoms with Crippen LogP contribution in [0.2, 0.25) is 0 Å². The molecule has 0 N–H and O–H groups in total. The Bertz CT molecular complexity index is 333. The molecule has 0 bridgehead atoms. The van der Waals surface area contributed by atoms with E-state index in [2.05, 4.69) is 0 Å². The fourth-order valence-corrected chi connectivity index (χ4v) is 1.84. The van der Waals surface area contributed by atoms with Crippen molar-refractivity contribution in [2.24, 2.45) is 0 Å². The topological polar surface area (TPSA) is 0 Å². The molecule has 1 radical (unpaired) electrons. The van der Waals surface area contributed by atoms with Crippen molar-refractivity contribution in [2.45, 2.75) is 23.7 Å². The lowest BCUT2D eigenvalue weighted by Gasteiger charge is -2.10. The van der Waals surface area contributed by atoms with Gasteiger partial charge >= 0.3 is 5.51 Å². The monoisotopic (exact) mass is 237 g/mol. The van der Waals surface area contributed by atoms with Gasteiger partial charge in [0.25, 0.3) is 0 Å². The summed E-state index contributed by atoms with van der Waals surface area (Å²) in [5.74, 6) is -0.651. The summed E-state index contributed by atoms with van der Waals surface area (Å²) < 4.78 is 49.1. The van der Waals surface area contributed by atoms with Crippen LogP contribution in [0.5, 0.6) is 0 Å². The van der Waals surface area contributed by atoms with Crippen molar-refractivity contribution >= 4 is 11.8 Å². The molecule has 1 rings (SSSR count). The quantitative estimate of drug-likeness (QED) is 0.560. The van der Waals surface area contributed by atoms with E-state index in [1.54, 1.807) is 13.3 Å². The highest BCUT2D eigenvalue weighted by atomic mass is 32.2. The lowest BCUT2D eigenvalue weighted by Crippen LogP contribution is -2.01. The maximum atomic E-state index is 12.8. The minimum Gasteiger partial charge on any atom is -0.207 e. The third kappa shape index (κ3) is 4.11. The van der Waals surface area contributed by atoms with Crippen molar-refractivity contribution in [3.63, 3.8) is 0 Å². The number of alkyl halides is 3. The van der Waals surface area contributed by atoms with Crippen LogP contribution in [0, 0.1) is 12.2 Å². The Morgan fingerprint density at radius 3 is 2.53 bits per heavy atom. The molecule has 1 aromatic carbocycles. The van der Waals surface area contributed by atoms with Gasteiger partial charge in [0.2, 0.25) is 0 Å². The summed E-state index contributed by atoms with van der Waals surface area (Å²) in [4.78, 5) is -0.0689. The highest BCUT2D eigenvalue weighted by Crippen LogP contribution is 2.39. The Morgan fingerprint density at radius 1 is 1.33 bits per heavy atom. The van der Waals surface area contributed by atoms with Crippen LogP contribution in [0.3, 0.4) is 0 Å². The predicted octanol–water partition coefficient (Wildman–Crippen LogP) is 4.20. The number of hydrogen-bond acceptors (Lipinski definition) is 1.